The molecular formula is C12H9BrN4S. The van der Waals surface area contributed by atoms with E-state index in [2.05, 4.69) is 30.9 Å². The van der Waals surface area contributed by atoms with Crippen molar-refractivity contribution in [3.8, 4) is 22.0 Å². The van der Waals surface area contributed by atoms with Crippen LogP contribution in [-0.2, 0) is 0 Å². The van der Waals surface area contributed by atoms with Crippen molar-refractivity contribution in [2.24, 2.45) is 0 Å². The molecular weight excluding hydrogens is 312 g/mol. The number of aromatic amines is 1. The quantitative estimate of drug-likeness (QED) is 0.758. The summed E-state index contributed by atoms with van der Waals surface area (Å²) in [5.41, 5.74) is 8.56. The lowest BCUT2D eigenvalue weighted by Gasteiger charge is -1.96. The molecule has 3 aromatic rings. The van der Waals surface area contributed by atoms with Gasteiger partial charge in [-0.15, -0.1) is 11.3 Å². The smallest absolute Gasteiger partial charge is 0.152 e. The van der Waals surface area contributed by atoms with Crippen molar-refractivity contribution in [2.75, 3.05) is 5.73 Å². The molecule has 2 heterocycles. The number of imidazole rings is 1. The van der Waals surface area contributed by atoms with Gasteiger partial charge in [0.1, 0.15) is 10.7 Å². The number of hydrogen-bond acceptors (Lipinski definition) is 4. The molecule has 0 fully saturated rings. The molecule has 1 aromatic carbocycles. The average Bonchev–Trinajstić information content (AvgIpc) is 2.98. The molecule has 0 radical (unpaired) electrons. The van der Waals surface area contributed by atoms with Gasteiger partial charge < -0.3 is 10.7 Å². The van der Waals surface area contributed by atoms with Crippen LogP contribution in [0.5, 0.6) is 0 Å². The number of nitrogens with one attached hydrogen (secondary N) is 1. The molecule has 0 unspecified atom stereocenters. The highest BCUT2D eigenvalue weighted by Crippen LogP contribution is 2.30. The maximum absolute atomic E-state index is 5.76. The van der Waals surface area contributed by atoms with E-state index in [0.717, 1.165) is 26.4 Å². The molecule has 3 N–H and O–H groups in total. The molecule has 0 bridgehead atoms. The summed E-state index contributed by atoms with van der Waals surface area (Å²) < 4.78 is 1.06. The molecule has 0 aliphatic heterocycles. The van der Waals surface area contributed by atoms with E-state index in [-0.39, 0.29) is 0 Å². The summed E-state index contributed by atoms with van der Waals surface area (Å²) in [5.74, 6) is 0.478. The van der Waals surface area contributed by atoms with Crippen LogP contribution in [0, 0.1) is 0 Å². The first kappa shape index (κ1) is 11.4. The first-order valence-corrected chi connectivity index (χ1v) is 6.92. The molecule has 2 aromatic heterocycles. The minimum absolute atomic E-state index is 0.478. The van der Waals surface area contributed by atoms with Gasteiger partial charge in [0, 0.05) is 15.4 Å². The molecule has 6 heteroatoms. The zero-order valence-electron chi connectivity index (χ0n) is 9.22. The van der Waals surface area contributed by atoms with Crippen molar-refractivity contribution >= 4 is 33.1 Å². The van der Waals surface area contributed by atoms with E-state index in [1.165, 1.54) is 0 Å². The third-order valence-electron chi connectivity index (χ3n) is 2.53. The van der Waals surface area contributed by atoms with Gasteiger partial charge in [-0.2, -0.15) is 0 Å². The number of hydrogen-bond donors (Lipinski definition) is 2. The van der Waals surface area contributed by atoms with Crippen molar-refractivity contribution in [2.45, 2.75) is 0 Å². The topological polar surface area (TPSA) is 67.6 Å². The Hall–Kier alpha value is -1.66. The number of aromatic nitrogens is 3. The summed E-state index contributed by atoms with van der Waals surface area (Å²) in [5, 5.41) is 2.86. The molecule has 0 spiro atoms. The number of H-pyrrole nitrogens is 1. The lowest BCUT2D eigenvalue weighted by atomic mass is 10.2. The number of halogens is 1. The Labute approximate surface area is 116 Å². The average molecular weight is 321 g/mol. The zero-order chi connectivity index (χ0) is 12.5. The van der Waals surface area contributed by atoms with Gasteiger partial charge in [-0.25, -0.2) is 9.97 Å². The second-order valence-corrected chi connectivity index (χ2v) is 5.48. The molecule has 0 aliphatic rings. The highest BCUT2D eigenvalue weighted by atomic mass is 79.9. The standard InChI is InChI=1S/C12H9BrN4S/c13-8-3-1-7(2-4-8)9-5-18-12(17-9)10-11(14)16-6-15-10/h1-6H,14H2,(H,15,16). The maximum Gasteiger partial charge on any atom is 0.152 e. The van der Waals surface area contributed by atoms with Crippen LogP contribution in [0.15, 0.2) is 40.4 Å². The number of benzene rings is 1. The van der Waals surface area contributed by atoms with E-state index in [9.17, 15) is 0 Å². The van der Waals surface area contributed by atoms with E-state index < -0.39 is 0 Å². The number of nitrogen functional groups attached to an aromatic ring is 1. The van der Waals surface area contributed by atoms with Crippen molar-refractivity contribution in [3.05, 3.63) is 40.4 Å². The molecule has 0 aliphatic carbocycles. The van der Waals surface area contributed by atoms with E-state index in [1.54, 1.807) is 17.7 Å². The second kappa shape index (κ2) is 4.55. The molecule has 3 rings (SSSR count). The van der Waals surface area contributed by atoms with Gasteiger partial charge in [0.05, 0.1) is 12.0 Å². The van der Waals surface area contributed by atoms with Crippen LogP contribution in [0.3, 0.4) is 0 Å². The maximum atomic E-state index is 5.76. The lowest BCUT2D eigenvalue weighted by molar-refractivity contribution is 1.30. The number of nitrogens with two attached hydrogens (primary N) is 1. The van der Waals surface area contributed by atoms with Crippen LogP contribution in [0.25, 0.3) is 22.0 Å². The molecule has 18 heavy (non-hydrogen) atoms. The first-order valence-electron chi connectivity index (χ1n) is 5.25. The fraction of sp³-hybridized carbons (Fsp3) is 0. The first-order chi connectivity index (χ1) is 8.74. The third kappa shape index (κ3) is 2.04. The highest BCUT2D eigenvalue weighted by molar-refractivity contribution is 9.10. The molecule has 4 nitrogen and oxygen atoms in total. The Kier molecular flexibility index (Phi) is 2.89. The Morgan fingerprint density at radius 2 is 2.00 bits per heavy atom. The fourth-order valence-corrected chi connectivity index (χ4v) is 2.73. The largest absolute Gasteiger partial charge is 0.382 e. The predicted octanol–water partition coefficient (Wildman–Crippen LogP) is 3.54. The van der Waals surface area contributed by atoms with Crippen molar-refractivity contribution in [3.63, 3.8) is 0 Å². The molecule has 0 saturated carbocycles. The number of nitrogens with zero attached hydrogens (tertiary/aromatic N) is 2. The van der Waals surface area contributed by atoms with Crippen molar-refractivity contribution < 1.29 is 0 Å². The Morgan fingerprint density at radius 3 is 2.67 bits per heavy atom. The summed E-state index contributed by atoms with van der Waals surface area (Å²) >= 11 is 4.96. The van der Waals surface area contributed by atoms with Crippen LogP contribution in [0.1, 0.15) is 0 Å². The summed E-state index contributed by atoms with van der Waals surface area (Å²) in [6.45, 7) is 0. The van der Waals surface area contributed by atoms with Crippen LogP contribution >= 0.6 is 27.3 Å². The lowest BCUT2D eigenvalue weighted by Crippen LogP contribution is -1.88. The summed E-state index contributed by atoms with van der Waals surface area (Å²) in [7, 11) is 0. The molecule has 0 saturated heterocycles. The minimum Gasteiger partial charge on any atom is -0.382 e. The molecule has 0 amide bonds. The van der Waals surface area contributed by atoms with Gasteiger partial charge in [-0.05, 0) is 12.1 Å². The SMILES string of the molecule is Nc1nc[nH]c1-c1nc(-c2ccc(Br)cc2)cs1. The Bertz CT molecular complexity index is 671. The summed E-state index contributed by atoms with van der Waals surface area (Å²) in [6.07, 6.45) is 1.57. The van der Waals surface area contributed by atoms with Gasteiger partial charge >= 0.3 is 0 Å². The molecule has 90 valence electrons. The van der Waals surface area contributed by atoms with E-state index in [1.807, 2.05) is 29.6 Å². The monoisotopic (exact) mass is 320 g/mol. The van der Waals surface area contributed by atoms with Crippen molar-refractivity contribution in [1.82, 2.24) is 15.0 Å². The van der Waals surface area contributed by atoms with Gasteiger partial charge in [0.15, 0.2) is 5.82 Å². The normalized spacial score (nSPS) is 10.7. The van der Waals surface area contributed by atoms with E-state index in [0.29, 0.717) is 5.82 Å². The fourth-order valence-electron chi connectivity index (χ4n) is 1.62. The van der Waals surface area contributed by atoms with Crippen LogP contribution in [-0.4, -0.2) is 15.0 Å². The summed E-state index contributed by atoms with van der Waals surface area (Å²) in [6, 6.07) is 8.05. The Morgan fingerprint density at radius 1 is 1.22 bits per heavy atom. The van der Waals surface area contributed by atoms with Gasteiger partial charge in [-0.3, -0.25) is 0 Å². The zero-order valence-corrected chi connectivity index (χ0v) is 11.6. The highest BCUT2D eigenvalue weighted by Gasteiger charge is 2.10. The second-order valence-electron chi connectivity index (χ2n) is 3.71. The van der Waals surface area contributed by atoms with Gasteiger partial charge in [-0.1, -0.05) is 28.1 Å². The van der Waals surface area contributed by atoms with Gasteiger partial charge in [0.2, 0.25) is 0 Å². The minimum atomic E-state index is 0.478. The Balaban J connectivity index is 1.99. The predicted molar refractivity (Wildman–Crippen MR) is 77.2 cm³/mol. The van der Waals surface area contributed by atoms with Crippen molar-refractivity contribution in [1.29, 1.82) is 0 Å². The number of anilines is 1. The van der Waals surface area contributed by atoms with Crippen LogP contribution in [0.4, 0.5) is 5.82 Å². The number of thiazole rings is 1. The summed E-state index contributed by atoms with van der Waals surface area (Å²) in [4.78, 5) is 11.5. The molecule has 0 atom stereocenters. The van der Waals surface area contributed by atoms with Gasteiger partial charge in [0.25, 0.3) is 0 Å². The van der Waals surface area contributed by atoms with E-state index >= 15 is 0 Å². The van der Waals surface area contributed by atoms with Crippen LogP contribution < -0.4 is 5.73 Å². The third-order valence-corrected chi connectivity index (χ3v) is 3.92. The number of rotatable bonds is 2. The van der Waals surface area contributed by atoms with Crippen LogP contribution in [0.2, 0.25) is 0 Å². The van der Waals surface area contributed by atoms with E-state index in [4.69, 9.17) is 5.73 Å².